The molecule has 226 valence electrons. The lowest BCUT2D eigenvalue weighted by atomic mass is 9.79. The number of rotatable bonds is 10. The molecule has 0 aromatic heterocycles. The molecule has 1 aliphatic rings. The molecule has 1 atom stereocenters. The summed E-state index contributed by atoms with van der Waals surface area (Å²) in [5, 5.41) is 2.46. The molecule has 0 saturated carbocycles. The zero-order valence-corrected chi connectivity index (χ0v) is 28.5. The summed E-state index contributed by atoms with van der Waals surface area (Å²) in [6.07, 6.45) is 1.84. The summed E-state index contributed by atoms with van der Waals surface area (Å²) in [4.78, 5) is 5.40. The fourth-order valence-corrected chi connectivity index (χ4v) is 7.88. The Morgan fingerprint density at radius 1 is 0.738 bits per heavy atom. The zero-order chi connectivity index (χ0) is 30.7. The third kappa shape index (κ3) is 7.91. The first-order valence-electron chi connectivity index (χ1n) is 15.6. The predicted molar refractivity (Wildman–Crippen MR) is 182 cm³/mol. The van der Waals surface area contributed by atoms with Crippen molar-refractivity contribution in [2.45, 2.75) is 105 Å². The second-order valence-corrected chi connectivity index (χ2v) is 16.7. The molecule has 0 spiro atoms. The van der Waals surface area contributed by atoms with Gasteiger partial charge in [-0.25, -0.2) is 4.99 Å². The highest BCUT2D eigenvalue weighted by Gasteiger charge is 2.46. The lowest BCUT2D eigenvalue weighted by Crippen LogP contribution is -2.47. The Morgan fingerprint density at radius 3 is 1.60 bits per heavy atom. The first kappa shape index (κ1) is 32.4. The van der Waals surface area contributed by atoms with Gasteiger partial charge in [-0.15, -0.1) is 0 Å². The Bertz CT molecular complexity index is 1250. The van der Waals surface area contributed by atoms with Gasteiger partial charge in [-0.1, -0.05) is 136 Å². The molecular weight excluding hydrogens is 533 g/mol. The average Bonchev–Trinajstić information content (AvgIpc) is 3.42. The van der Waals surface area contributed by atoms with E-state index in [1.165, 1.54) is 21.7 Å². The Kier molecular flexibility index (Phi) is 10.1. The highest BCUT2D eigenvalue weighted by molar-refractivity contribution is 7.68. The molecule has 3 aromatic carbocycles. The van der Waals surface area contributed by atoms with E-state index in [1.54, 1.807) is 0 Å². The van der Waals surface area contributed by atoms with Gasteiger partial charge >= 0.3 is 0 Å². The highest BCUT2D eigenvalue weighted by atomic mass is 31.1. The molecule has 0 bridgehead atoms. The molecule has 0 N–H and O–H groups in total. The fraction of sp³-hybridized carbons (Fsp3) is 0.500. The van der Waals surface area contributed by atoms with Crippen molar-refractivity contribution in [1.82, 2.24) is 0 Å². The molecular formula is C38H52NO2P. The van der Waals surface area contributed by atoms with Crippen molar-refractivity contribution in [3.05, 3.63) is 95.6 Å². The minimum Gasteiger partial charge on any atom is -0.475 e. The van der Waals surface area contributed by atoms with E-state index < -0.39 is 13.7 Å². The molecule has 4 rings (SSSR count). The second kappa shape index (κ2) is 13.0. The van der Waals surface area contributed by atoms with E-state index in [-0.39, 0.29) is 16.9 Å². The van der Waals surface area contributed by atoms with Crippen LogP contribution in [0.3, 0.4) is 0 Å². The van der Waals surface area contributed by atoms with Crippen LogP contribution in [0.5, 0.6) is 0 Å². The minimum absolute atomic E-state index is 0.0257. The summed E-state index contributed by atoms with van der Waals surface area (Å²) < 4.78 is 14.1. The maximum absolute atomic E-state index is 7.53. The van der Waals surface area contributed by atoms with E-state index in [9.17, 15) is 0 Å². The molecule has 0 aliphatic carbocycles. The Morgan fingerprint density at radius 2 is 1.19 bits per heavy atom. The van der Waals surface area contributed by atoms with Crippen molar-refractivity contribution >= 4 is 24.7 Å². The van der Waals surface area contributed by atoms with Crippen LogP contribution in [-0.2, 0) is 20.1 Å². The molecule has 0 amide bonds. The van der Waals surface area contributed by atoms with Crippen LogP contribution < -0.4 is 10.6 Å². The molecule has 4 heteroatoms. The quantitative estimate of drug-likeness (QED) is 0.222. The van der Waals surface area contributed by atoms with Crippen LogP contribution in [0.4, 0.5) is 0 Å². The zero-order valence-electron chi connectivity index (χ0n) is 27.6. The van der Waals surface area contributed by atoms with Gasteiger partial charge in [0.05, 0.1) is 13.7 Å². The van der Waals surface area contributed by atoms with E-state index in [2.05, 4.69) is 148 Å². The van der Waals surface area contributed by atoms with E-state index in [0.717, 1.165) is 24.3 Å². The average molecular weight is 586 g/mol. The minimum atomic E-state index is -1.05. The van der Waals surface area contributed by atoms with Crippen LogP contribution in [0, 0.1) is 11.8 Å². The number of benzene rings is 3. The monoisotopic (exact) mass is 585 g/mol. The van der Waals surface area contributed by atoms with Crippen LogP contribution >= 0.6 is 8.15 Å². The van der Waals surface area contributed by atoms with Gasteiger partial charge in [-0.05, 0) is 58.8 Å². The highest BCUT2D eigenvalue weighted by Crippen LogP contribution is 2.48. The lowest BCUT2D eigenvalue weighted by Gasteiger charge is -2.42. The van der Waals surface area contributed by atoms with E-state index in [1.807, 2.05) is 0 Å². The van der Waals surface area contributed by atoms with Crippen molar-refractivity contribution < 1.29 is 9.26 Å². The summed E-state index contributed by atoms with van der Waals surface area (Å²) in [5.74, 6) is 1.65. The SMILES string of the molecule is CC(C)CC(CC(C)C)(OP(c1ccccc1)c1ccccc1)[C@H]1COC(c2cc(C(C)(C)C)cc(C(C)(C)C)c2)=N1. The largest absolute Gasteiger partial charge is 0.475 e. The van der Waals surface area contributed by atoms with Crippen LogP contribution in [0.25, 0.3) is 0 Å². The van der Waals surface area contributed by atoms with Crippen molar-refractivity contribution in [3.63, 3.8) is 0 Å². The smallest absolute Gasteiger partial charge is 0.216 e. The van der Waals surface area contributed by atoms with Crippen molar-refractivity contribution in [2.75, 3.05) is 6.61 Å². The van der Waals surface area contributed by atoms with Gasteiger partial charge in [-0.2, -0.15) is 0 Å². The molecule has 1 heterocycles. The number of hydrogen-bond acceptors (Lipinski definition) is 3. The molecule has 3 aromatic rings. The van der Waals surface area contributed by atoms with E-state index in [4.69, 9.17) is 14.3 Å². The first-order chi connectivity index (χ1) is 19.7. The van der Waals surface area contributed by atoms with Crippen LogP contribution in [0.15, 0.2) is 83.9 Å². The van der Waals surface area contributed by atoms with E-state index >= 15 is 0 Å². The third-order valence-corrected chi connectivity index (χ3v) is 10.0. The number of aliphatic imine (C=N–C) groups is 1. The maximum Gasteiger partial charge on any atom is 0.216 e. The van der Waals surface area contributed by atoms with Crippen molar-refractivity contribution in [3.8, 4) is 0 Å². The molecule has 0 saturated heterocycles. The van der Waals surface area contributed by atoms with Gasteiger partial charge in [-0.3, -0.25) is 0 Å². The maximum atomic E-state index is 7.53. The van der Waals surface area contributed by atoms with E-state index in [0.29, 0.717) is 18.4 Å². The number of ether oxygens (including phenoxy) is 1. The normalized spacial score (nSPS) is 16.3. The van der Waals surface area contributed by atoms with Gasteiger partial charge in [0, 0.05) is 16.2 Å². The second-order valence-electron chi connectivity index (χ2n) is 14.9. The summed E-state index contributed by atoms with van der Waals surface area (Å²) in [6, 6.07) is 28.3. The molecule has 0 fully saturated rings. The Labute approximate surface area is 257 Å². The lowest BCUT2D eigenvalue weighted by molar-refractivity contribution is 0.00892. The Hall–Kier alpha value is -2.48. The summed E-state index contributed by atoms with van der Waals surface area (Å²) in [6.45, 7) is 23.4. The molecule has 3 nitrogen and oxygen atoms in total. The Balaban J connectivity index is 1.83. The molecule has 42 heavy (non-hydrogen) atoms. The van der Waals surface area contributed by atoms with Crippen molar-refractivity contribution in [2.24, 2.45) is 16.8 Å². The summed E-state index contributed by atoms with van der Waals surface area (Å²) in [5.41, 5.74) is 3.28. The standard InChI is InChI=1S/C38H52NO2P/c1-27(2)24-38(25-28(3)4,41-42(32-17-13-11-14-18-32)33-19-15-12-16-20-33)34-26-40-35(39-34)29-21-30(36(5,6)7)23-31(22-29)37(8,9)10/h11-23,27-28,34H,24-26H2,1-10H3/t34-/m1/s1. The number of hydrogen-bond donors (Lipinski definition) is 0. The van der Waals surface area contributed by atoms with Gasteiger partial charge in [0.25, 0.3) is 0 Å². The van der Waals surface area contributed by atoms with Gasteiger partial charge in [0.1, 0.15) is 12.6 Å². The summed E-state index contributed by atoms with van der Waals surface area (Å²) in [7, 11) is -1.05. The van der Waals surface area contributed by atoms with Gasteiger partial charge in [0.15, 0.2) is 0 Å². The topological polar surface area (TPSA) is 30.8 Å². The van der Waals surface area contributed by atoms with Gasteiger partial charge in [0.2, 0.25) is 5.90 Å². The first-order valence-corrected chi connectivity index (χ1v) is 16.9. The van der Waals surface area contributed by atoms with Crippen LogP contribution in [0.2, 0.25) is 0 Å². The predicted octanol–water partition coefficient (Wildman–Crippen LogP) is 9.32. The molecule has 1 aliphatic heterocycles. The third-order valence-electron chi connectivity index (χ3n) is 7.93. The fourth-order valence-electron chi connectivity index (χ4n) is 5.85. The van der Waals surface area contributed by atoms with Crippen LogP contribution in [0.1, 0.15) is 98.8 Å². The van der Waals surface area contributed by atoms with Crippen molar-refractivity contribution in [1.29, 1.82) is 0 Å². The van der Waals surface area contributed by atoms with Crippen LogP contribution in [-0.4, -0.2) is 24.1 Å². The molecule has 0 unspecified atom stereocenters. The number of nitrogens with zero attached hydrogens (tertiary/aromatic N) is 1. The summed E-state index contributed by atoms with van der Waals surface area (Å²) >= 11 is 0. The van der Waals surface area contributed by atoms with Gasteiger partial charge < -0.3 is 9.26 Å². The molecule has 0 radical (unpaired) electrons.